The molecular formula is C18H20ClN3O. The molecule has 0 fully saturated rings. The Bertz CT molecular complexity index is 727. The van der Waals surface area contributed by atoms with Crippen molar-refractivity contribution in [3.05, 3.63) is 59.1 Å². The van der Waals surface area contributed by atoms with Gasteiger partial charge in [0.1, 0.15) is 0 Å². The molecule has 1 heterocycles. The average molecular weight is 330 g/mol. The molecule has 4 nitrogen and oxygen atoms in total. The fourth-order valence-electron chi connectivity index (χ4n) is 3.07. The Labute approximate surface area is 141 Å². The van der Waals surface area contributed by atoms with Crippen LogP contribution in [0, 0.1) is 0 Å². The van der Waals surface area contributed by atoms with E-state index in [-0.39, 0.29) is 5.54 Å². The third-order valence-corrected chi connectivity index (χ3v) is 4.51. The number of primary amides is 1. The number of rotatable bonds is 2. The Morgan fingerprint density at radius 1 is 1.13 bits per heavy atom. The van der Waals surface area contributed by atoms with Gasteiger partial charge in [0.05, 0.1) is 23.5 Å². The van der Waals surface area contributed by atoms with E-state index >= 15 is 0 Å². The lowest BCUT2D eigenvalue weighted by molar-refractivity contribution is 0.251. The van der Waals surface area contributed by atoms with Crippen LogP contribution in [0.25, 0.3) is 0 Å². The van der Waals surface area contributed by atoms with Gasteiger partial charge < -0.3 is 10.6 Å². The minimum Gasteiger partial charge on any atom is -0.359 e. The van der Waals surface area contributed by atoms with Crippen molar-refractivity contribution in [3.63, 3.8) is 0 Å². The lowest BCUT2D eigenvalue weighted by Gasteiger charge is -2.48. The van der Waals surface area contributed by atoms with E-state index in [1.165, 1.54) is 5.56 Å². The zero-order valence-corrected chi connectivity index (χ0v) is 14.0. The van der Waals surface area contributed by atoms with E-state index in [9.17, 15) is 4.79 Å². The highest BCUT2D eigenvalue weighted by atomic mass is 35.5. The largest absolute Gasteiger partial charge is 0.359 e. The van der Waals surface area contributed by atoms with Gasteiger partial charge >= 0.3 is 6.03 Å². The van der Waals surface area contributed by atoms with Crippen molar-refractivity contribution in [1.82, 2.24) is 0 Å². The van der Waals surface area contributed by atoms with Crippen LogP contribution in [0.2, 0.25) is 5.02 Å². The quantitative estimate of drug-likeness (QED) is 0.904. The number of amides is 2. The number of carbonyl (C=O) groups is 1. The highest BCUT2D eigenvalue weighted by molar-refractivity contribution is 6.30. The lowest BCUT2D eigenvalue weighted by Crippen LogP contribution is -2.58. The van der Waals surface area contributed by atoms with Gasteiger partial charge in [0.2, 0.25) is 0 Å². The summed E-state index contributed by atoms with van der Waals surface area (Å²) >= 11 is 5.97. The van der Waals surface area contributed by atoms with E-state index in [2.05, 4.69) is 18.7 Å². The molecule has 1 aliphatic heterocycles. The van der Waals surface area contributed by atoms with E-state index in [1.54, 1.807) is 4.90 Å². The molecule has 5 heteroatoms. The Hall–Kier alpha value is -2.20. The van der Waals surface area contributed by atoms with E-state index in [0.29, 0.717) is 6.54 Å². The molecule has 2 aromatic rings. The summed E-state index contributed by atoms with van der Waals surface area (Å²) < 4.78 is 0. The summed E-state index contributed by atoms with van der Waals surface area (Å²) in [6, 6.07) is 15.3. The summed E-state index contributed by atoms with van der Waals surface area (Å²) in [5.41, 5.74) is 8.38. The molecule has 2 N–H and O–H groups in total. The first-order valence-corrected chi connectivity index (χ1v) is 7.94. The van der Waals surface area contributed by atoms with Crippen LogP contribution in [0.5, 0.6) is 0 Å². The third-order valence-electron chi connectivity index (χ3n) is 4.26. The van der Waals surface area contributed by atoms with Gasteiger partial charge in [-0.05, 0) is 43.7 Å². The number of nitrogens with two attached hydrogens (primary N) is 1. The van der Waals surface area contributed by atoms with Crippen LogP contribution in [0.1, 0.15) is 19.4 Å². The predicted octanol–water partition coefficient (Wildman–Crippen LogP) is 4.02. The maximum Gasteiger partial charge on any atom is 0.319 e. The number of anilines is 2. The van der Waals surface area contributed by atoms with Crippen LogP contribution in [-0.4, -0.2) is 18.1 Å². The number of halogens is 1. The van der Waals surface area contributed by atoms with Crippen molar-refractivity contribution < 1.29 is 4.79 Å². The van der Waals surface area contributed by atoms with Crippen LogP contribution in [-0.2, 0) is 6.54 Å². The second kappa shape index (κ2) is 5.78. The van der Waals surface area contributed by atoms with Gasteiger partial charge in [0, 0.05) is 11.6 Å². The number of hydrogen-bond donors (Lipinski definition) is 1. The topological polar surface area (TPSA) is 49.6 Å². The number of urea groups is 1. The summed E-state index contributed by atoms with van der Waals surface area (Å²) in [6.45, 7) is 5.53. The molecule has 0 radical (unpaired) electrons. The Balaban J connectivity index is 2.02. The number of carbonyl (C=O) groups excluding carboxylic acids is 1. The maximum atomic E-state index is 11.8. The van der Waals surface area contributed by atoms with Crippen LogP contribution in [0.3, 0.4) is 0 Å². The van der Waals surface area contributed by atoms with Crippen molar-refractivity contribution in [2.45, 2.75) is 25.9 Å². The number of benzene rings is 2. The molecular weight excluding hydrogens is 310 g/mol. The molecule has 0 saturated carbocycles. The number of fused-ring (bicyclic) bond motifs is 1. The summed E-state index contributed by atoms with van der Waals surface area (Å²) in [4.78, 5) is 15.8. The van der Waals surface area contributed by atoms with E-state index in [4.69, 9.17) is 17.3 Å². The molecule has 2 amide bonds. The molecule has 120 valence electrons. The SMILES string of the molecule is CC1(C)CN(C(N)=O)c2ccccc2N1Cc1ccc(Cl)cc1. The molecule has 0 spiro atoms. The van der Waals surface area contributed by atoms with Crippen LogP contribution >= 0.6 is 11.6 Å². The van der Waals surface area contributed by atoms with Gasteiger partial charge in [-0.15, -0.1) is 0 Å². The third kappa shape index (κ3) is 2.99. The van der Waals surface area contributed by atoms with Crippen molar-refractivity contribution in [2.24, 2.45) is 5.73 Å². The zero-order valence-electron chi connectivity index (χ0n) is 13.3. The minimum atomic E-state index is -0.420. The summed E-state index contributed by atoms with van der Waals surface area (Å²) in [6.07, 6.45) is 0. The molecule has 23 heavy (non-hydrogen) atoms. The fourth-order valence-corrected chi connectivity index (χ4v) is 3.20. The molecule has 3 rings (SSSR count). The second-order valence-electron chi connectivity index (χ2n) is 6.44. The highest BCUT2D eigenvalue weighted by Crippen LogP contribution is 2.40. The lowest BCUT2D eigenvalue weighted by atomic mass is 9.95. The van der Waals surface area contributed by atoms with E-state index in [0.717, 1.165) is 22.9 Å². The Morgan fingerprint density at radius 2 is 1.74 bits per heavy atom. The molecule has 0 aliphatic carbocycles. The average Bonchev–Trinajstić information content (AvgIpc) is 2.51. The van der Waals surface area contributed by atoms with Gasteiger partial charge in [0.25, 0.3) is 0 Å². The van der Waals surface area contributed by atoms with Crippen LogP contribution in [0.4, 0.5) is 16.2 Å². The van der Waals surface area contributed by atoms with Crippen molar-refractivity contribution in [3.8, 4) is 0 Å². The smallest absolute Gasteiger partial charge is 0.319 e. The second-order valence-corrected chi connectivity index (χ2v) is 6.87. The van der Waals surface area contributed by atoms with Gasteiger partial charge in [-0.3, -0.25) is 4.90 Å². The molecule has 0 unspecified atom stereocenters. The zero-order chi connectivity index (χ0) is 16.6. The van der Waals surface area contributed by atoms with E-state index < -0.39 is 6.03 Å². The monoisotopic (exact) mass is 329 g/mol. The summed E-state index contributed by atoms with van der Waals surface area (Å²) in [5, 5.41) is 0.729. The molecule has 0 aromatic heterocycles. The molecule has 0 saturated heterocycles. The number of hydrogen-bond acceptors (Lipinski definition) is 2. The van der Waals surface area contributed by atoms with Crippen molar-refractivity contribution >= 4 is 29.0 Å². The first-order valence-electron chi connectivity index (χ1n) is 7.56. The molecule has 2 aromatic carbocycles. The summed E-state index contributed by atoms with van der Waals surface area (Å²) in [7, 11) is 0. The summed E-state index contributed by atoms with van der Waals surface area (Å²) in [5.74, 6) is 0. The Kier molecular flexibility index (Phi) is 3.94. The molecule has 1 aliphatic rings. The molecule has 0 bridgehead atoms. The standard InChI is InChI=1S/C18H20ClN3O/c1-18(2)12-21(17(20)23)15-5-3-4-6-16(15)22(18)11-13-7-9-14(19)10-8-13/h3-10H,11-12H2,1-2H3,(H2,20,23). The Morgan fingerprint density at radius 3 is 2.35 bits per heavy atom. The molecule has 0 atom stereocenters. The van der Waals surface area contributed by atoms with E-state index in [1.807, 2.05) is 48.5 Å². The highest BCUT2D eigenvalue weighted by Gasteiger charge is 2.38. The van der Waals surface area contributed by atoms with Crippen LogP contribution in [0.15, 0.2) is 48.5 Å². The normalized spacial score (nSPS) is 16.1. The number of para-hydroxylation sites is 2. The van der Waals surface area contributed by atoms with Gasteiger partial charge in [-0.2, -0.15) is 0 Å². The van der Waals surface area contributed by atoms with Gasteiger partial charge in [0.15, 0.2) is 0 Å². The van der Waals surface area contributed by atoms with Gasteiger partial charge in [-0.1, -0.05) is 35.9 Å². The van der Waals surface area contributed by atoms with Crippen molar-refractivity contribution in [1.29, 1.82) is 0 Å². The minimum absolute atomic E-state index is 0.233. The van der Waals surface area contributed by atoms with Crippen LogP contribution < -0.4 is 15.5 Å². The number of nitrogens with zero attached hydrogens (tertiary/aromatic N) is 2. The van der Waals surface area contributed by atoms with Crippen molar-refractivity contribution in [2.75, 3.05) is 16.3 Å². The first kappa shape index (κ1) is 15.7. The predicted molar refractivity (Wildman–Crippen MR) is 95.1 cm³/mol. The first-order chi connectivity index (χ1) is 10.9. The maximum absolute atomic E-state index is 11.8. The van der Waals surface area contributed by atoms with Gasteiger partial charge in [-0.25, -0.2) is 4.79 Å². The fraction of sp³-hybridized carbons (Fsp3) is 0.278.